The Bertz CT molecular complexity index is 570. The lowest BCUT2D eigenvalue weighted by Crippen LogP contribution is -2.32. The van der Waals surface area contributed by atoms with Crippen molar-refractivity contribution in [3.05, 3.63) is 36.0 Å². The van der Waals surface area contributed by atoms with Crippen molar-refractivity contribution in [2.45, 2.75) is 26.3 Å². The van der Waals surface area contributed by atoms with Gasteiger partial charge in [-0.25, -0.2) is 4.98 Å². The summed E-state index contributed by atoms with van der Waals surface area (Å²) in [5, 5.41) is 19.1. The van der Waals surface area contributed by atoms with Gasteiger partial charge in [-0.1, -0.05) is 32.0 Å². The van der Waals surface area contributed by atoms with Crippen LogP contribution in [-0.4, -0.2) is 27.2 Å². The molecule has 0 fully saturated rings. The summed E-state index contributed by atoms with van der Waals surface area (Å²) in [4.78, 5) is 14.8. The van der Waals surface area contributed by atoms with Crippen molar-refractivity contribution < 1.29 is 15.0 Å². The number of nitrogens with two attached hydrogens (primary N) is 1. The third-order valence-corrected chi connectivity index (χ3v) is 2.50. The number of hydrogen-bond acceptors (Lipinski definition) is 4. The number of phenols is 1. The Morgan fingerprint density at radius 3 is 2.63 bits per heavy atom. The molecule has 102 valence electrons. The van der Waals surface area contributed by atoms with Gasteiger partial charge < -0.3 is 15.9 Å². The van der Waals surface area contributed by atoms with Crippen LogP contribution in [0.4, 0.5) is 0 Å². The van der Waals surface area contributed by atoms with Crippen LogP contribution in [0.3, 0.4) is 0 Å². The number of pyridine rings is 1. The number of carboxylic acid groups (broad SMARTS) is 1. The summed E-state index contributed by atoms with van der Waals surface area (Å²) in [6.45, 7) is 4.00. The van der Waals surface area contributed by atoms with Gasteiger partial charge in [0.1, 0.15) is 17.3 Å². The number of rotatable bonds is 3. The smallest absolute Gasteiger partial charge is 0.320 e. The second-order valence-corrected chi connectivity index (χ2v) is 3.80. The monoisotopic (exact) mass is 262 g/mol. The van der Waals surface area contributed by atoms with E-state index in [2.05, 4.69) is 4.98 Å². The highest BCUT2D eigenvalue weighted by Gasteiger charge is 2.13. The highest BCUT2D eigenvalue weighted by molar-refractivity contribution is 5.84. The molecule has 0 aliphatic heterocycles. The predicted octanol–water partition coefficient (Wildman–Crippen LogP) is 1.92. The molecule has 0 bridgehead atoms. The fraction of sp³-hybridized carbons (Fsp3) is 0.286. The van der Waals surface area contributed by atoms with Crippen LogP contribution in [0.25, 0.3) is 10.9 Å². The molecule has 0 amide bonds. The molecule has 5 heteroatoms. The van der Waals surface area contributed by atoms with E-state index in [-0.39, 0.29) is 12.2 Å². The van der Waals surface area contributed by atoms with Gasteiger partial charge in [0.25, 0.3) is 0 Å². The number of carbonyl (C=O) groups is 1. The molecule has 1 aromatic carbocycles. The molecule has 0 aliphatic carbocycles. The normalized spacial score (nSPS) is 11.5. The minimum Gasteiger partial charge on any atom is -0.506 e. The number of aromatic nitrogens is 1. The van der Waals surface area contributed by atoms with Gasteiger partial charge in [-0.15, -0.1) is 0 Å². The predicted molar refractivity (Wildman–Crippen MR) is 74.1 cm³/mol. The second kappa shape index (κ2) is 6.70. The van der Waals surface area contributed by atoms with Gasteiger partial charge in [-0.3, -0.25) is 4.79 Å². The summed E-state index contributed by atoms with van der Waals surface area (Å²) < 4.78 is 0. The molecule has 19 heavy (non-hydrogen) atoms. The molecule has 5 nitrogen and oxygen atoms in total. The van der Waals surface area contributed by atoms with Crippen LogP contribution >= 0.6 is 0 Å². The number of nitrogens with zero attached hydrogens (tertiary/aromatic N) is 1. The summed E-state index contributed by atoms with van der Waals surface area (Å²) in [5.74, 6) is -0.988. The number of benzene rings is 1. The van der Waals surface area contributed by atoms with Crippen molar-refractivity contribution in [2.24, 2.45) is 5.73 Å². The Morgan fingerprint density at radius 2 is 2.00 bits per heavy atom. The lowest BCUT2D eigenvalue weighted by molar-refractivity contribution is -0.138. The largest absolute Gasteiger partial charge is 0.506 e. The molecular formula is C14H18N2O3. The molecule has 4 N–H and O–H groups in total. The molecule has 1 heterocycles. The average Bonchev–Trinajstić information content (AvgIpc) is 2.42. The fourth-order valence-electron chi connectivity index (χ4n) is 1.60. The van der Waals surface area contributed by atoms with Crippen LogP contribution in [-0.2, 0) is 11.2 Å². The van der Waals surface area contributed by atoms with E-state index in [9.17, 15) is 9.90 Å². The Kier molecular flexibility index (Phi) is 5.26. The first-order chi connectivity index (χ1) is 9.08. The van der Waals surface area contributed by atoms with Crippen LogP contribution in [0, 0.1) is 0 Å². The molecule has 2 aromatic rings. The van der Waals surface area contributed by atoms with E-state index in [1.54, 1.807) is 18.2 Å². The van der Waals surface area contributed by atoms with Gasteiger partial charge >= 0.3 is 5.97 Å². The van der Waals surface area contributed by atoms with Crippen LogP contribution < -0.4 is 5.73 Å². The van der Waals surface area contributed by atoms with Gasteiger partial charge in [0.2, 0.25) is 0 Å². The Labute approximate surface area is 111 Å². The highest BCUT2D eigenvalue weighted by atomic mass is 16.4. The van der Waals surface area contributed by atoms with Crippen molar-refractivity contribution in [1.82, 2.24) is 4.98 Å². The van der Waals surface area contributed by atoms with E-state index in [1.807, 2.05) is 19.9 Å². The minimum absolute atomic E-state index is 0.0771. The lowest BCUT2D eigenvalue weighted by atomic mass is 10.1. The number of phenolic OH excluding ortho intramolecular Hbond substituents is 1. The summed E-state index contributed by atoms with van der Waals surface area (Å²) >= 11 is 0. The number of aliphatic carboxylic acids is 1. The summed E-state index contributed by atoms with van der Waals surface area (Å²) in [7, 11) is 0. The fourth-order valence-corrected chi connectivity index (χ4v) is 1.60. The van der Waals surface area contributed by atoms with Crippen molar-refractivity contribution in [3.8, 4) is 5.75 Å². The average molecular weight is 262 g/mol. The standard InChI is InChI=1S/C12H12N2O3.C2H6/c13-9(12(16)17)6-8-5-4-7-2-1-3-10(15)11(7)14-8;1-2/h1-5,9,15H,6,13H2,(H,16,17);1-2H3/t9-;/m0./s1. The summed E-state index contributed by atoms with van der Waals surface area (Å²) in [6.07, 6.45) is 0.138. The van der Waals surface area contributed by atoms with E-state index in [0.29, 0.717) is 11.2 Å². The third-order valence-electron chi connectivity index (χ3n) is 2.50. The van der Waals surface area contributed by atoms with Crippen LogP contribution in [0.5, 0.6) is 5.75 Å². The van der Waals surface area contributed by atoms with Gasteiger partial charge in [0.05, 0.1) is 0 Å². The summed E-state index contributed by atoms with van der Waals surface area (Å²) in [6, 6.07) is 7.60. The SMILES string of the molecule is CC.N[C@@H](Cc1ccc2cccc(O)c2n1)C(=O)O. The second-order valence-electron chi connectivity index (χ2n) is 3.80. The minimum atomic E-state index is -1.07. The Morgan fingerprint density at radius 1 is 1.32 bits per heavy atom. The van der Waals surface area contributed by atoms with Crippen molar-refractivity contribution in [1.29, 1.82) is 0 Å². The van der Waals surface area contributed by atoms with E-state index >= 15 is 0 Å². The van der Waals surface area contributed by atoms with Gasteiger partial charge in [-0.05, 0) is 12.1 Å². The van der Waals surface area contributed by atoms with E-state index in [4.69, 9.17) is 10.8 Å². The highest BCUT2D eigenvalue weighted by Crippen LogP contribution is 2.22. The topological polar surface area (TPSA) is 96.4 Å². The first kappa shape index (κ1) is 14.9. The molecular weight excluding hydrogens is 244 g/mol. The number of fused-ring (bicyclic) bond motifs is 1. The van der Waals surface area contributed by atoms with Gasteiger partial charge in [-0.2, -0.15) is 0 Å². The third kappa shape index (κ3) is 3.66. The van der Waals surface area contributed by atoms with Gasteiger partial charge in [0.15, 0.2) is 0 Å². The van der Waals surface area contributed by atoms with Crippen molar-refractivity contribution in [3.63, 3.8) is 0 Å². The number of hydrogen-bond donors (Lipinski definition) is 3. The maximum absolute atomic E-state index is 10.6. The first-order valence-corrected chi connectivity index (χ1v) is 6.14. The quantitative estimate of drug-likeness (QED) is 0.785. The number of aromatic hydroxyl groups is 1. The van der Waals surface area contributed by atoms with Crippen LogP contribution in [0.15, 0.2) is 30.3 Å². The lowest BCUT2D eigenvalue weighted by Gasteiger charge is -2.07. The molecule has 1 atom stereocenters. The molecule has 0 spiro atoms. The number of para-hydroxylation sites is 1. The zero-order valence-corrected chi connectivity index (χ0v) is 11.0. The molecule has 0 unspecified atom stereocenters. The van der Waals surface area contributed by atoms with E-state index < -0.39 is 12.0 Å². The zero-order chi connectivity index (χ0) is 14.4. The molecule has 2 rings (SSSR count). The summed E-state index contributed by atoms with van der Waals surface area (Å²) in [5.41, 5.74) is 6.44. The zero-order valence-electron chi connectivity index (χ0n) is 11.0. The molecule has 0 radical (unpaired) electrons. The Hall–Kier alpha value is -2.14. The van der Waals surface area contributed by atoms with E-state index in [1.165, 1.54) is 6.07 Å². The maximum Gasteiger partial charge on any atom is 0.320 e. The van der Waals surface area contributed by atoms with Crippen molar-refractivity contribution >= 4 is 16.9 Å². The molecule has 1 aromatic heterocycles. The van der Waals surface area contributed by atoms with Crippen LogP contribution in [0.2, 0.25) is 0 Å². The number of carboxylic acids is 1. The molecule has 0 aliphatic rings. The van der Waals surface area contributed by atoms with Crippen LogP contribution in [0.1, 0.15) is 19.5 Å². The first-order valence-electron chi connectivity index (χ1n) is 6.14. The Balaban J connectivity index is 0.000000861. The van der Waals surface area contributed by atoms with Gasteiger partial charge in [0, 0.05) is 17.5 Å². The maximum atomic E-state index is 10.6. The molecule has 0 saturated carbocycles. The van der Waals surface area contributed by atoms with E-state index in [0.717, 1.165) is 5.39 Å². The van der Waals surface area contributed by atoms with Crippen molar-refractivity contribution in [2.75, 3.05) is 0 Å². The molecule has 0 saturated heterocycles.